The van der Waals surface area contributed by atoms with E-state index in [0.29, 0.717) is 22.3 Å². The number of aliphatic hydroxyl groups is 1. The zero-order valence-corrected chi connectivity index (χ0v) is 12.9. The van der Waals surface area contributed by atoms with E-state index in [-0.39, 0.29) is 5.78 Å². The Hall–Kier alpha value is -2.72. The molecule has 1 aliphatic carbocycles. The Morgan fingerprint density at radius 3 is 2.39 bits per heavy atom. The summed E-state index contributed by atoms with van der Waals surface area (Å²) in [6.45, 7) is 1.62. The minimum atomic E-state index is -1.32. The maximum atomic E-state index is 12.5. The molecule has 0 aromatic heterocycles. The second kappa shape index (κ2) is 5.48. The van der Waals surface area contributed by atoms with Crippen molar-refractivity contribution in [1.82, 2.24) is 0 Å². The van der Waals surface area contributed by atoms with Gasteiger partial charge in [-0.05, 0) is 36.3 Å². The largest absolute Gasteiger partial charge is 0.465 e. The molecule has 0 heterocycles. The summed E-state index contributed by atoms with van der Waals surface area (Å²) in [5.74, 6) is -0.594. The number of hydrogen-bond acceptors (Lipinski definition) is 4. The topological polar surface area (TPSA) is 63.6 Å². The number of ketones is 1. The van der Waals surface area contributed by atoms with Gasteiger partial charge in [-0.25, -0.2) is 4.79 Å². The van der Waals surface area contributed by atoms with Gasteiger partial charge in [0.2, 0.25) is 0 Å². The van der Waals surface area contributed by atoms with Crippen LogP contribution in [-0.2, 0) is 10.3 Å². The van der Waals surface area contributed by atoms with E-state index in [1.54, 1.807) is 61.5 Å². The number of Topliss-reactive ketones (excluding diaryl/α,β-unsaturated/α-hetero) is 1. The highest BCUT2D eigenvalue weighted by Gasteiger charge is 2.42. The third-order valence-corrected chi connectivity index (χ3v) is 4.11. The number of esters is 1. The molecule has 116 valence electrons. The highest BCUT2D eigenvalue weighted by atomic mass is 16.5. The fourth-order valence-corrected chi connectivity index (χ4v) is 2.82. The lowest BCUT2D eigenvalue weighted by molar-refractivity contribution is 0.0600. The van der Waals surface area contributed by atoms with Gasteiger partial charge in [0.25, 0.3) is 0 Å². The number of hydrogen-bond donors (Lipinski definition) is 1. The van der Waals surface area contributed by atoms with Crippen molar-refractivity contribution in [2.45, 2.75) is 12.5 Å². The summed E-state index contributed by atoms with van der Waals surface area (Å²) in [5, 5.41) is 10.8. The van der Waals surface area contributed by atoms with Crippen molar-refractivity contribution in [3.8, 4) is 0 Å². The van der Waals surface area contributed by atoms with E-state index in [4.69, 9.17) is 0 Å². The lowest BCUT2D eigenvalue weighted by Gasteiger charge is -2.19. The number of carbonyl (C=O) groups excluding carboxylic acids is 2. The minimum absolute atomic E-state index is 0.178. The van der Waals surface area contributed by atoms with Crippen LogP contribution in [-0.4, -0.2) is 24.0 Å². The Balaban J connectivity index is 2.00. The molecule has 0 saturated heterocycles. The van der Waals surface area contributed by atoms with Gasteiger partial charge in [0.15, 0.2) is 5.78 Å². The smallest absolute Gasteiger partial charge is 0.337 e. The monoisotopic (exact) mass is 308 g/mol. The molecule has 0 bridgehead atoms. The van der Waals surface area contributed by atoms with Crippen molar-refractivity contribution in [2.75, 3.05) is 7.11 Å². The predicted molar refractivity (Wildman–Crippen MR) is 86.1 cm³/mol. The zero-order chi connectivity index (χ0) is 16.6. The molecule has 0 spiro atoms. The molecule has 0 amide bonds. The number of ether oxygens (including phenoxy) is 1. The van der Waals surface area contributed by atoms with E-state index in [0.717, 1.165) is 5.56 Å². The van der Waals surface area contributed by atoms with E-state index < -0.39 is 11.6 Å². The van der Waals surface area contributed by atoms with Crippen molar-refractivity contribution >= 4 is 17.8 Å². The number of rotatable bonds is 2. The van der Waals surface area contributed by atoms with Crippen LogP contribution in [0.2, 0.25) is 0 Å². The van der Waals surface area contributed by atoms with Crippen LogP contribution in [0, 0.1) is 0 Å². The Morgan fingerprint density at radius 1 is 1.13 bits per heavy atom. The third kappa shape index (κ3) is 2.47. The molecule has 4 heteroatoms. The summed E-state index contributed by atoms with van der Waals surface area (Å²) in [7, 11) is 1.32. The van der Waals surface area contributed by atoms with Crippen LogP contribution < -0.4 is 0 Å². The van der Waals surface area contributed by atoms with Crippen molar-refractivity contribution in [3.05, 3.63) is 76.4 Å². The van der Waals surface area contributed by atoms with Crippen LogP contribution in [0.15, 0.2) is 54.1 Å². The summed E-state index contributed by atoms with van der Waals surface area (Å²) in [6, 6.07) is 13.7. The van der Waals surface area contributed by atoms with Crippen LogP contribution in [0.4, 0.5) is 0 Å². The highest BCUT2D eigenvalue weighted by molar-refractivity contribution is 6.17. The molecule has 2 aromatic rings. The van der Waals surface area contributed by atoms with Crippen LogP contribution >= 0.6 is 0 Å². The molecule has 0 aliphatic heterocycles. The molecular weight excluding hydrogens is 292 g/mol. The van der Waals surface area contributed by atoms with Crippen LogP contribution in [0.25, 0.3) is 6.08 Å². The molecule has 0 saturated carbocycles. The van der Waals surface area contributed by atoms with E-state index in [2.05, 4.69) is 4.74 Å². The lowest BCUT2D eigenvalue weighted by Crippen LogP contribution is -2.20. The molecule has 1 atom stereocenters. The molecule has 1 aliphatic rings. The normalized spacial score (nSPS) is 21.3. The number of benzene rings is 2. The Labute approximate surface area is 134 Å². The Morgan fingerprint density at radius 2 is 1.78 bits per heavy atom. The third-order valence-electron chi connectivity index (χ3n) is 4.11. The average Bonchev–Trinajstić information content (AvgIpc) is 2.76. The highest BCUT2D eigenvalue weighted by Crippen LogP contribution is 2.41. The van der Waals surface area contributed by atoms with E-state index in [1.165, 1.54) is 7.11 Å². The van der Waals surface area contributed by atoms with E-state index >= 15 is 0 Å². The number of carbonyl (C=O) groups is 2. The van der Waals surface area contributed by atoms with Crippen molar-refractivity contribution in [1.29, 1.82) is 0 Å². The number of methoxy groups -OCH3 is 1. The van der Waals surface area contributed by atoms with Gasteiger partial charge in [0, 0.05) is 11.1 Å². The maximum absolute atomic E-state index is 12.5. The summed E-state index contributed by atoms with van der Waals surface area (Å²) in [5.41, 5.74) is 1.30. The van der Waals surface area contributed by atoms with Gasteiger partial charge in [0.1, 0.15) is 5.60 Å². The van der Waals surface area contributed by atoms with E-state index in [9.17, 15) is 14.7 Å². The Bertz CT molecular complexity index is 814. The first kappa shape index (κ1) is 15.2. The minimum Gasteiger partial charge on any atom is -0.465 e. The standard InChI is InChI=1S/C19H16O4/c1-19(22)15-6-4-3-5-14(15)17(20)16(19)11-12-7-9-13(10-8-12)18(21)23-2/h3-11,22H,1-2H3/b16-11-. The molecule has 4 nitrogen and oxygen atoms in total. The average molecular weight is 308 g/mol. The molecule has 0 fully saturated rings. The van der Waals surface area contributed by atoms with Gasteiger partial charge in [-0.15, -0.1) is 0 Å². The molecular formula is C19H16O4. The second-order valence-corrected chi connectivity index (χ2v) is 5.62. The predicted octanol–water partition coefficient (Wildman–Crippen LogP) is 2.96. The van der Waals surface area contributed by atoms with Crippen molar-refractivity contribution in [3.63, 3.8) is 0 Å². The fraction of sp³-hybridized carbons (Fsp3) is 0.158. The van der Waals surface area contributed by atoms with Gasteiger partial charge in [-0.3, -0.25) is 4.79 Å². The molecule has 2 aromatic carbocycles. The first-order chi connectivity index (χ1) is 10.9. The first-order valence-corrected chi connectivity index (χ1v) is 7.22. The zero-order valence-electron chi connectivity index (χ0n) is 12.9. The SMILES string of the molecule is COC(=O)c1ccc(/C=C2/C(=O)c3ccccc3C2(C)O)cc1. The van der Waals surface area contributed by atoms with Crippen LogP contribution in [0.5, 0.6) is 0 Å². The molecule has 0 radical (unpaired) electrons. The lowest BCUT2D eigenvalue weighted by atomic mass is 9.93. The molecule has 1 N–H and O–H groups in total. The van der Waals surface area contributed by atoms with Gasteiger partial charge in [-0.1, -0.05) is 36.4 Å². The van der Waals surface area contributed by atoms with Crippen molar-refractivity contribution in [2.24, 2.45) is 0 Å². The van der Waals surface area contributed by atoms with Gasteiger partial charge >= 0.3 is 5.97 Å². The molecule has 3 rings (SSSR count). The first-order valence-electron chi connectivity index (χ1n) is 7.22. The van der Waals surface area contributed by atoms with Gasteiger partial charge < -0.3 is 9.84 Å². The van der Waals surface area contributed by atoms with Crippen LogP contribution in [0.3, 0.4) is 0 Å². The molecule has 1 unspecified atom stereocenters. The maximum Gasteiger partial charge on any atom is 0.337 e. The molecule has 23 heavy (non-hydrogen) atoms. The Kier molecular flexibility index (Phi) is 3.62. The van der Waals surface area contributed by atoms with Gasteiger partial charge in [0.05, 0.1) is 12.7 Å². The summed E-state index contributed by atoms with van der Waals surface area (Å²) in [6.07, 6.45) is 1.66. The van der Waals surface area contributed by atoms with Crippen LogP contribution in [0.1, 0.15) is 38.8 Å². The fourth-order valence-electron chi connectivity index (χ4n) is 2.82. The van der Waals surface area contributed by atoms with E-state index in [1.807, 2.05) is 0 Å². The number of fused-ring (bicyclic) bond motifs is 1. The second-order valence-electron chi connectivity index (χ2n) is 5.62. The quantitative estimate of drug-likeness (QED) is 0.684. The summed E-state index contributed by atoms with van der Waals surface area (Å²) < 4.78 is 4.65. The van der Waals surface area contributed by atoms with Crippen molar-refractivity contribution < 1.29 is 19.4 Å². The summed E-state index contributed by atoms with van der Waals surface area (Å²) in [4.78, 5) is 24.0. The summed E-state index contributed by atoms with van der Waals surface area (Å²) >= 11 is 0. The van der Waals surface area contributed by atoms with Gasteiger partial charge in [-0.2, -0.15) is 0 Å².